The quantitative estimate of drug-likeness (QED) is 0.179. The van der Waals surface area contributed by atoms with Crippen molar-refractivity contribution in [3.63, 3.8) is 0 Å². The fraction of sp³-hybridized carbons (Fsp3) is 0.304. The van der Waals surface area contributed by atoms with Gasteiger partial charge in [0.2, 0.25) is 0 Å². The lowest BCUT2D eigenvalue weighted by Gasteiger charge is -2.28. The molecular formula is C23H28N6O4. The molecule has 1 heterocycles. The third-order valence-corrected chi connectivity index (χ3v) is 5.29. The summed E-state index contributed by atoms with van der Waals surface area (Å²) in [6, 6.07) is 12.2. The Bertz CT molecular complexity index is 1000. The van der Waals surface area contributed by atoms with E-state index in [-0.39, 0.29) is 18.4 Å². The number of nitrogens with zero attached hydrogens (tertiary/aromatic N) is 2. The second kappa shape index (κ2) is 11.6. The first-order valence-electron chi connectivity index (χ1n) is 10.7. The SMILES string of the molecule is NNC=Nc1cccc(C(=O)Nc2ccc(CC(NC(=O)N3CCCCC3)C(=O)O)cc2)c1. The summed E-state index contributed by atoms with van der Waals surface area (Å²) in [5.74, 6) is 3.76. The van der Waals surface area contributed by atoms with Crippen molar-refractivity contribution < 1.29 is 19.5 Å². The maximum Gasteiger partial charge on any atom is 0.326 e. The lowest BCUT2D eigenvalue weighted by Crippen LogP contribution is -2.50. The summed E-state index contributed by atoms with van der Waals surface area (Å²) in [7, 11) is 0. The summed E-state index contributed by atoms with van der Waals surface area (Å²) in [4.78, 5) is 42.3. The first-order valence-corrected chi connectivity index (χ1v) is 10.7. The Morgan fingerprint density at radius 2 is 1.82 bits per heavy atom. The van der Waals surface area contributed by atoms with E-state index >= 15 is 0 Å². The van der Waals surface area contributed by atoms with Crippen LogP contribution in [-0.4, -0.2) is 53.4 Å². The molecule has 1 fully saturated rings. The van der Waals surface area contributed by atoms with E-state index in [1.165, 1.54) is 6.34 Å². The van der Waals surface area contributed by atoms with Crippen LogP contribution in [0.5, 0.6) is 0 Å². The predicted octanol–water partition coefficient (Wildman–Crippen LogP) is 2.25. The van der Waals surface area contributed by atoms with Gasteiger partial charge in [0.25, 0.3) is 5.91 Å². The van der Waals surface area contributed by atoms with Crippen molar-refractivity contribution in [2.45, 2.75) is 31.7 Å². The molecule has 0 bridgehead atoms. The zero-order valence-corrected chi connectivity index (χ0v) is 18.2. The van der Waals surface area contributed by atoms with Gasteiger partial charge in [0.15, 0.2) is 0 Å². The second-order valence-corrected chi connectivity index (χ2v) is 7.72. The molecule has 1 saturated heterocycles. The number of aliphatic carboxylic acids is 1. The van der Waals surface area contributed by atoms with Gasteiger partial charge in [-0.1, -0.05) is 18.2 Å². The number of carboxylic acids is 1. The number of aliphatic imine (C=N–C) groups is 1. The molecule has 10 nitrogen and oxygen atoms in total. The van der Waals surface area contributed by atoms with Crippen LogP contribution in [0.4, 0.5) is 16.2 Å². The number of hydrogen-bond donors (Lipinski definition) is 5. The number of urea groups is 1. The van der Waals surface area contributed by atoms with Crippen LogP contribution in [0, 0.1) is 0 Å². The Morgan fingerprint density at radius 1 is 1.09 bits per heavy atom. The standard InChI is InChI=1S/C23H28N6O4/c24-26-15-25-19-6-4-5-17(14-19)21(30)27-18-9-7-16(8-10-18)13-20(22(31)32)28-23(33)29-11-2-1-3-12-29/h4-10,14-15,20H,1-3,11-13,24H2,(H,25,26)(H,27,30)(H,28,33)(H,31,32). The molecule has 3 amide bonds. The van der Waals surface area contributed by atoms with Gasteiger partial charge in [0.05, 0.1) is 5.69 Å². The number of likely N-dealkylation sites (tertiary alicyclic amines) is 1. The van der Waals surface area contributed by atoms with E-state index in [2.05, 4.69) is 21.1 Å². The molecule has 0 spiro atoms. The minimum atomic E-state index is -1.09. The lowest BCUT2D eigenvalue weighted by atomic mass is 10.1. The Balaban J connectivity index is 1.59. The third-order valence-electron chi connectivity index (χ3n) is 5.29. The average Bonchev–Trinajstić information content (AvgIpc) is 2.84. The van der Waals surface area contributed by atoms with Crippen molar-refractivity contribution >= 4 is 35.6 Å². The lowest BCUT2D eigenvalue weighted by molar-refractivity contribution is -0.139. The van der Waals surface area contributed by atoms with Crippen LogP contribution < -0.4 is 21.9 Å². The van der Waals surface area contributed by atoms with Gasteiger partial charge >= 0.3 is 12.0 Å². The third kappa shape index (κ3) is 7.04. The Labute approximate surface area is 191 Å². The number of hydrogen-bond acceptors (Lipinski definition) is 5. The molecule has 174 valence electrons. The molecule has 0 aliphatic carbocycles. The predicted molar refractivity (Wildman–Crippen MR) is 125 cm³/mol. The molecule has 0 aromatic heterocycles. The Morgan fingerprint density at radius 3 is 2.48 bits per heavy atom. The van der Waals surface area contributed by atoms with E-state index in [4.69, 9.17) is 5.84 Å². The number of rotatable bonds is 8. The van der Waals surface area contributed by atoms with Crippen LogP contribution >= 0.6 is 0 Å². The van der Waals surface area contributed by atoms with Gasteiger partial charge in [-0.3, -0.25) is 4.79 Å². The van der Waals surface area contributed by atoms with E-state index in [9.17, 15) is 19.5 Å². The summed E-state index contributed by atoms with van der Waals surface area (Å²) >= 11 is 0. The number of benzene rings is 2. The molecule has 1 aliphatic heterocycles. The Hall–Kier alpha value is -3.92. The van der Waals surface area contributed by atoms with Gasteiger partial charge in [-0.2, -0.15) is 0 Å². The van der Waals surface area contributed by atoms with Crippen LogP contribution in [0.25, 0.3) is 0 Å². The fourth-order valence-electron chi connectivity index (χ4n) is 3.54. The normalized spacial score (nSPS) is 14.5. The molecule has 2 aromatic rings. The molecule has 1 aliphatic rings. The van der Waals surface area contributed by atoms with E-state index < -0.39 is 12.0 Å². The van der Waals surface area contributed by atoms with E-state index in [1.54, 1.807) is 53.4 Å². The molecule has 0 saturated carbocycles. The van der Waals surface area contributed by atoms with Crippen LogP contribution in [0.1, 0.15) is 35.2 Å². The van der Waals surface area contributed by atoms with Crippen LogP contribution in [0.3, 0.4) is 0 Å². The molecule has 0 radical (unpaired) electrons. The van der Waals surface area contributed by atoms with Gasteiger partial charge in [-0.25, -0.2) is 20.4 Å². The first kappa shape index (κ1) is 23.7. The zero-order valence-electron chi connectivity index (χ0n) is 18.2. The highest BCUT2D eigenvalue weighted by Gasteiger charge is 2.24. The maximum absolute atomic E-state index is 12.5. The highest BCUT2D eigenvalue weighted by molar-refractivity contribution is 6.04. The fourth-order valence-corrected chi connectivity index (χ4v) is 3.54. The monoisotopic (exact) mass is 452 g/mol. The number of anilines is 1. The van der Waals surface area contributed by atoms with E-state index in [1.807, 2.05) is 0 Å². The number of nitrogens with two attached hydrogens (primary N) is 1. The highest BCUT2D eigenvalue weighted by atomic mass is 16.4. The molecule has 1 unspecified atom stereocenters. The largest absolute Gasteiger partial charge is 0.480 e. The molecule has 6 N–H and O–H groups in total. The number of nitrogens with one attached hydrogen (secondary N) is 3. The molecule has 33 heavy (non-hydrogen) atoms. The average molecular weight is 453 g/mol. The summed E-state index contributed by atoms with van der Waals surface area (Å²) in [6.07, 6.45) is 4.40. The van der Waals surface area contributed by atoms with Gasteiger partial charge in [0.1, 0.15) is 12.4 Å². The maximum atomic E-state index is 12.5. The van der Waals surface area contributed by atoms with Gasteiger partial charge < -0.3 is 26.1 Å². The number of hydrazine groups is 1. The van der Waals surface area contributed by atoms with Gasteiger partial charge in [-0.15, -0.1) is 0 Å². The summed E-state index contributed by atoms with van der Waals surface area (Å²) < 4.78 is 0. The number of amides is 3. The van der Waals surface area contributed by atoms with E-state index in [0.29, 0.717) is 30.0 Å². The molecule has 1 atom stereocenters. The summed E-state index contributed by atoms with van der Waals surface area (Å²) in [6.45, 7) is 1.29. The molecule has 2 aromatic carbocycles. The van der Waals surface area contributed by atoms with Crippen molar-refractivity contribution in [3.05, 3.63) is 59.7 Å². The summed E-state index contributed by atoms with van der Waals surface area (Å²) in [5.41, 5.74) is 4.59. The smallest absolute Gasteiger partial charge is 0.326 e. The Kier molecular flexibility index (Phi) is 8.36. The number of piperidine rings is 1. The second-order valence-electron chi connectivity index (χ2n) is 7.72. The molecule has 10 heteroatoms. The number of carbonyl (C=O) groups excluding carboxylic acids is 2. The molecular weight excluding hydrogens is 424 g/mol. The van der Waals surface area contributed by atoms with Crippen molar-refractivity contribution in [1.82, 2.24) is 15.6 Å². The van der Waals surface area contributed by atoms with E-state index in [0.717, 1.165) is 24.8 Å². The minimum Gasteiger partial charge on any atom is -0.480 e. The van der Waals surface area contributed by atoms with Crippen molar-refractivity contribution in [2.24, 2.45) is 10.8 Å². The first-order chi connectivity index (χ1) is 16.0. The minimum absolute atomic E-state index is 0.137. The highest BCUT2D eigenvalue weighted by Crippen LogP contribution is 2.17. The van der Waals surface area contributed by atoms with Gasteiger partial charge in [-0.05, 0) is 55.2 Å². The van der Waals surface area contributed by atoms with Crippen LogP contribution in [0.2, 0.25) is 0 Å². The number of carbonyl (C=O) groups is 3. The summed E-state index contributed by atoms with van der Waals surface area (Å²) in [5, 5.41) is 15.0. The van der Waals surface area contributed by atoms with Crippen molar-refractivity contribution in [1.29, 1.82) is 0 Å². The zero-order chi connectivity index (χ0) is 23.6. The van der Waals surface area contributed by atoms with Gasteiger partial charge in [0, 0.05) is 30.8 Å². The van der Waals surface area contributed by atoms with Crippen molar-refractivity contribution in [3.8, 4) is 0 Å². The number of carboxylic acid groups (broad SMARTS) is 1. The van der Waals surface area contributed by atoms with Crippen molar-refractivity contribution in [2.75, 3.05) is 18.4 Å². The van der Waals surface area contributed by atoms with Crippen LogP contribution in [0.15, 0.2) is 53.5 Å². The van der Waals surface area contributed by atoms with Crippen LogP contribution in [-0.2, 0) is 11.2 Å². The topological polar surface area (TPSA) is 149 Å². The molecule has 3 rings (SSSR count).